The van der Waals surface area contributed by atoms with Crippen LogP contribution in [0.1, 0.15) is 18.4 Å². The molecule has 1 aromatic rings. The van der Waals surface area contributed by atoms with E-state index in [-0.39, 0.29) is 12.4 Å². The first kappa shape index (κ1) is 16.7. The lowest BCUT2D eigenvalue weighted by Crippen LogP contribution is -2.29. The number of benzene rings is 1. The molecule has 1 N–H and O–H groups in total. The predicted octanol–water partition coefficient (Wildman–Crippen LogP) is 2.72. The molecule has 2 heterocycles. The summed E-state index contributed by atoms with van der Waals surface area (Å²) in [4.78, 5) is 2.44. The molecule has 0 radical (unpaired) electrons. The van der Waals surface area contributed by atoms with Crippen LogP contribution in [0.25, 0.3) is 0 Å². The minimum absolute atomic E-state index is 0. The third kappa shape index (κ3) is 3.95. The molecule has 0 bridgehead atoms. The maximum absolute atomic E-state index is 6.33. The minimum atomic E-state index is 0. The fourth-order valence-corrected chi connectivity index (χ4v) is 3.13. The van der Waals surface area contributed by atoms with E-state index in [9.17, 15) is 0 Å². The first-order valence-electron chi connectivity index (χ1n) is 7.24. The Morgan fingerprint density at radius 3 is 2.90 bits per heavy atom. The SMILES string of the molecule is CNC1CCN(Cc2cc(Cl)c3c(c2)OCCCO3)C1.Cl. The van der Waals surface area contributed by atoms with Crippen molar-refractivity contribution in [3.63, 3.8) is 0 Å². The van der Waals surface area contributed by atoms with Gasteiger partial charge in [-0.3, -0.25) is 4.90 Å². The Hall–Kier alpha value is -0.680. The van der Waals surface area contributed by atoms with Crippen LogP contribution in [-0.2, 0) is 6.54 Å². The maximum atomic E-state index is 6.33. The number of fused-ring (bicyclic) bond motifs is 1. The molecule has 0 saturated carbocycles. The van der Waals surface area contributed by atoms with E-state index in [0.29, 0.717) is 30.0 Å². The summed E-state index contributed by atoms with van der Waals surface area (Å²) in [6.07, 6.45) is 2.10. The summed E-state index contributed by atoms with van der Waals surface area (Å²) in [5.74, 6) is 1.48. The normalized spacial score (nSPS) is 21.7. The second kappa shape index (κ2) is 7.54. The Bertz CT molecular complexity index is 485. The molecule has 3 rings (SSSR count). The summed E-state index contributed by atoms with van der Waals surface area (Å²) in [6.45, 7) is 4.48. The molecular formula is C15H22Cl2N2O2. The molecule has 118 valence electrons. The molecule has 4 nitrogen and oxygen atoms in total. The van der Waals surface area contributed by atoms with E-state index in [1.54, 1.807) is 0 Å². The zero-order valence-electron chi connectivity index (χ0n) is 12.2. The van der Waals surface area contributed by atoms with Gasteiger partial charge < -0.3 is 14.8 Å². The topological polar surface area (TPSA) is 33.7 Å². The Morgan fingerprint density at radius 1 is 1.33 bits per heavy atom. The van der Waals surface area contributed by atoms with Crippen molar-refractivity contribution in [3.8, 4) is 11.5 Å². The number of hydrogen-bond acceptors (Lipinski definition) is 4. The van der Waals surface area contributed by atoms with Crippen LogP contribution in [0.4, 0.5) is 0 Å². The van der Waals surface area contributed by atoms with Crippen molar-refractivity contribution in [3.05, 3.63) is 22.7 Å². The Morgan fingerprint density at radius 2 is 2.14 bits per heavy atom. The van der Waals surface area contributed by atoms with E-state index >= 15 is 0 Å². The van der Waals surface area contributed by atoms with Crippen LogP contribution in [0.5, 0.6) is 11.5 Å². The minimum Gasteiger partial charge on any atom is -0.489 e. The van der Waals surface area contributed by atoms with Gasteiger partial charge in [-0.05, 0) is 31.2 Å². The highest BCUT2D eigenvalue weighted by atomic mass is 35.5. The number of halogens is 2. The third-order valence-electron chi connectivity index (χ3n) is 3.95. The summed E-state index contributed by atoms with van der Waals surface area (Å²) in [6, 6.07) is 4.67. The first-order chi connectivity index (χ1) is 9.76. The number of nitrogens with zero attached hydrogens (tertiary/aromatic N) is 1. The van der Waals surface area contributed by atoms with Crippen LogP contribution in [0, 0.1) is 0 Å². The number of likely N-dealkylation sites (N-methyl/N-ethyl adjacent to an activating group) is 1. The maximum Gasteiger partial charge on any atom is 0.179 e. The van der Waals surface area contributed by atoms with Gasteiger partial charge in [0.25, 0.3) is 0 Å². The fraction of sp³-hybridized carbons (Fsp3) is 0.600. The summed E-state index contributed by atoms with van der Waals surface area (Å²) in [5, 5.41) is 3.99. The zero-order valence-corrected chi connectivity index (χ0v) is 13.8. The fourth-order valence-electron chi connectivity index (χ4n) is 2.85. The molecule has 1 saturated heterocycles. The van der Waals surface area contributed by atoms with Crippen molar-refractivity contribution in [2.75, 3.05) is 33.4 Å². The van der Waals surface area contributed by atoms with Crippen LogP contribution in [-0.4, -0.2) is 44.3 Å². The van der Waals surface area contributed by atoms with E-state index in [0.717, 1.165) is 31.8 Å². The lowest BCUT2D eigenvalue weighted by molar-refractivity contribution is 0.296. The first-order valence-corrected chi connectivity index (χ1v) is 7.61. The molecular weight excluding hydrogens is 311 g/mol. The van der Waals surface area contributed by atoms with E-state index < -0.39 is 0 Å². The average molecular weight is 333 g/mol. The highest BCUT2D eigenvalue weighted by molar-refractivity contribution is 6.32. The van der Waals surface area contributed by atoms with Crippen molar-refractivity contribution in [2.24, 2.45) is 0 Å². The molecule has 2 aliphatic rings. The largest absolute Gasteiger partial charge is 0.489 e. The van der Waals surface area contributed by atoms with Crippen LogP contribution in [0.2, 0.25) is 5.02 Å². The summed E-state index contributed by atoms with van der Waals surface area (Å²) >= 11 is 6.33. The molecule has 0 aromatic heterocycles. The van der Waals surface area contributed by atoms with Crippen LogP contribution in [0.3, 0.4) is 0 Å². The summed E-state index contributed by atoms with van der Waals surface area (Å²) < 4.78 is 11.4. The average Bonchev–Trinajstić information content (AvgIpc) is 2.74. The highest BCUT2D eigenvalue weighted by Gasteiger charge is 2.22. The molecule has 0 amide bonds. The van der Waals surface area contributed by atoms with E-state index in [1.165, 1.54) is 12.0 Å². The van der Waals surface area contributed by atoms with Crippen molar-refractivity contribution in [1.82, 2.24) is 10.2 Å². The molecule has 1 aromatic carbocycles. The summed E-state index contributed by atoms with van der Waals surface area (Å²) in [7, 11) is 2.03. The van der Waals surface area contributed by atoms with Gasteiger partial charge in [-0.25, -0.2) is 0 Å². The lowest BCUT2D eigenvalue weighted by Gasteiger charge is -2.18. The van der Waals surface area contributed by atoms with Gasteiger partial charge in [-0.2, -0.15) is 0 Å². The highest BCUT2D eigenvalue weighted by Crippen LogP contribution is 2.38. The number of nitrogens with one attached hydrogen (secondary N) is 1. The molecule has 1 fully saturated rings. The standard InChI is InChI=1S/C15H21ClN2O2.ClH/c1-17-12-3-4-18(10-12)9-11-7-13(16)15-14(8-11)19-5-2-6-20-15;/h7-8,12,17H,2-6,9-10H2,1H3;1H. The van der Waals surface area contributed by atoms with Gasteiger partial charge >= 0.3 is 0 Å². The lowest BCUT2D eigenvalue weighted by atomic mass is 10.2. The second-order valence-electron chi connectivity index (χ2n) is 5.46. The second-order valence-corrected chi connectivity index (χ2v) is 5.87. The molecule has 21 heavy (non-hydrogen) atoms. The third-order valence-corrected chi connectivity index (χ3v) is 4.23. The number of likely N-dealkylation sites (tertiary alicyclic amines) is 1. The van der Waals surface area contributed by atoms with E-state index in [1.807, 2.05) is 13.1 Å². The van der Waals surface area contributed by atoms with Crippen LogP contribution >= 0.6 is 24.0 Å². The van der Waals surface area contributed by atoms with E-state index in [2.05, 4.69) is 16.3 Å². The van der Waals surface area contributed by atoms with Gasteiger partial charge in [0.2, 0.25) is 0 Å². The number of hydrogen-bond donors (Lipinski definition) is 1. The smallest absolute Gasteiger partial charge is 0.179 e. The van der Waals surface area contributed by atoms with Crippen LogP contribution < -0.4 is 14.8 Å². The predicted molar refractivity (Wildman–Crippen MR) is 87.0 cm³/mol. The molecule has 1 atom stereocenters. The Balaban J connectivity index is 0.00000161. The van der Waals surface area contributed by atoms with Crippen molar-refractivity contribution in [1.29, 1.82) is 0 Å². The molecule has 6 heteroatoms. The monoisotopic (exact) mass is 332 g/mol. The molecule has 0 aliphatic carbocycles. The van der Waals surface area contributed by atoms with Gasteiger partial charge in [0.1, 0.15) is 0 Å². The Labute approximate surface area is 137 Å². The van der Waals surface area contributed by atoms with Gasteiger partial charge in [0.15, 0.2) is 11.5 Å². The molecule has 1 unspecified atom stereocenters. The quantitative estimate of drug-likeness (QED) is 0.922. The van der Waals surface area contributed by atoms with E-state index in [4.69, 9.17) is 21.1 Å². The van der Waals surface area contributed by atoms with Gasteiger partial charge in [0, 0.05) is 32.1 Å². The van der Waals surface area contributed by atoms with Gasteiger partial charge in [-0.1, -0.05) is 11.6 Å². The van der Waals surface area contributed by atoms with Gasteiger partial charge in [-0.15, -0.1) is 12.4 Å². The van der Waals surface area contributed by atoms with Crippen molar-refractivity contribution < 1.29 is 9.47 Å². The zero-order chi connectivity index (χ0) is 13.9. The van der Waals surface area contributed by atoms with Crippen molar-refractivity contribution in [2.45, 2.75) is 25.4 Å². The van der Waals surface area contributed by atoms with Gasteiger partial charge in [0.05, 0.1) is 18.2 Å². The Kier molecular flexibility index (Phi) is 5.99. The van der Waals surface area contributed by atoms with Crippen LogP contribution in [0.15, 0.2) is 12.1 Å². The molecule has 0 spiro atoms. The number of ether oxygens (including phenoxy) is 2. The molecule has 2 aliphatic heterocycles. The summed E-state index contributed by atoms with van der Waals surface area (Å²) in [5.41, 5.74) is 1.19. The van der Waals surface area contributed by atoms with Crippen molar-refractivity contribution >= 4 is 24.0 Å². The number of rotatable bonds is 3.